The zero-order valence-electron chi connectivity index (χ0n) is 21.6. The molecule has 0 unspecified atom stereocenters. The lowest BCUT2D eigenvalue weighted by Crippen LogP contribution is -2.37. The summed E-state index contributed by atoms with van der Waals surface area (Å²) < 4.78 is 5.73. The van der Waals surface area contributed by atoms with Gasteiger partial charge in [-0.25, -0.2) is 4.79 Å². The minimum Gasteiger partial charge on any atom is -0.458 e. The van der Waals surface area contributed by atoms with E-state index in [1.165, 1.54) is 31.3 Å². The summed E-state index contributed by atoms with van der Waals surface area (Å²) in [5, 5.41) is 20.8. The van der Waals surface area contributed by atoms with Gasteiger partial charge in [-0.2, -0.15) is 0 Å². The van der Waals surface area contributed by atoms with Crippen molar-refractivity contribution >= 4 is 5.97 Å². The van der Waals surface area contributed by atoms with Gasteiger partial charge in [-0.1, -0.05) is 58.6 Å². The van der Waals surface area contributed by atoms with Crippen LogP contribution in [0.15, 0.2) is 47.6 Å². The van der Waals surface area contributed by atoms with E-state index in [4.69, 9.17) is 4.74 Å². The summed E-state index contributed by atoms with van der Waals surface area (Å²) in [5.74, 6) is 1.47. The molecule has 4 fully saturated rings. The van der Waals surface area contributed by atoms with Crippen LogP contribution in [0.3, 0.4) is 0 Å². The monoisotopic (exact) mass is 468 g/mol. The number of fused-ring (bicyclic) bond motifs is 1. The second kappa shape index (κ2) is 9.78. The quantitative estimate of drug-likeness (QED) is 0.389. The van der Waals surface area contributed by atoms with Crippen LogP contribution in [0.25, 0.3) is 0 Å². The van der Waals surface area contributed by atoms with E-state index in [-0.39, 0.29) is 29.3 Å². The van der Waals surface area contributed by atoms with Gasteiger partial charge in [-0.05, 0) is 85.7 Å². The van der Waals surface area contributed by atoms with Crippen LogP contribution in [0.4, 0.5) is 0 Å². The Kier molecular flexibility index (Phi) is 7.32. The van der Waals surface area contributed by atoms with Crippen molar-refractivity contribution in [2.75, 3.05) is 0 Å². The molecule has 0 radical (unpaired) electrons. The van der Waals surface area contributed by atoms with Crippen molar-refractivity contribution < 1.29 is 19.7 Å². The molecule has 9 atom stereocenters. The van der Waals surface area contributed by atoms with Gasteiger partial charge in [0.2, 0.25) is 0 Å². The second-order valence-electron chi connectivity index (χ2n) is 11.8. The number of hydrogen-bond acceptors (Lipinski definition) is 4. The fourth-order valence-electron chi connectivity index (χ4n) is 7.78. The lowest BCUT2D eigenvalue weighted by molar-refractivity contribution is -0.140. The number of esters is 1. The van der Waals surface area contributed by atoms with Gasteiger partial charge in [-0.15, -0.1) is 0 Å². The molecule has 4 aliphatic rings. The highest BCUT2D eigenvalue weighted by Crippen LogP contribution is 2.60. The number of hydrogen-bond donors (Lipinski definition) is 2. The normalized spacial score (nSPS) is 43.9. The maximum Gasteiger partial charge on any atom is 0.334 e. The van der Waals surface area contributed by atoms with Gasteiger partial charge in [0.05, 0.1) is 12.2 Å². The molecule has 4 nitrogen and oxygen atoms in total. The van der Waals surface area contributed by atoms with Crippen LogP contribution in [0.5, 0.6) is 0 Å². The Balaban J connectivity index is 1.49. The smallest absolute Gasteiger partial charge is 0.334 e. The first kappa shape index (κ1) is 25.4. The third-order valence-electron chi connectivity index (χ3n) is 9.99. The highest BCUT2D eigenvalue weighted by molar-refractivity contribution is 5.90. The lowest BCUT2D eigenvalue weighted by atomic mass is 9.60. The minimum absolute atomic E-state index is 0.0245. The molecule has 0 aromatic rings. The average Bonchev–Trinajstić information content (AvgIpc) is 3.29. The topological polar surface area (TPSA) is 66.8 Å². The summed E-state index contributed by atoms with van der Waals surface area (Å²) in [4.78, 5) is 12.1. The molecule has 4 heteroatoms. The molecule has 34 heavy (non-hydrogen) atoms. The number of cyclic esters (lactones) is 1. The van der Waals surface area contributed by atoms with E-state index in [9.17, 15) is 15.0 Å². The van der Waals surface area contributed by atoms with Crippen LogP contribution in [0, 0.1) is 35.0 Å². The number of carbonyl (C=O) groups is 1. The maximum atomic E-state index is 12.1. The zero-order valence-corrected chi connectivity index (χ0v) is 21.6. The van der Waals surface area contributed by atoms with Gasteiger partial charge in [0, 0.05) is 17.4 Å². The molecule has 2 N–H and O–H groups in total. The predicted molar refractivity (Wildman–Crippen MR) is 136 cm³/mol. The molecular formula is C30H44O4. The summed E-state index contributed by atoms with van der Waals surface area (Å²) in [6.07, 6.45) is 11.6. The summed E-state index contributed by atoms with van der Waals surface area (Å²) >= 11 is 0. The third-order valence-corrected chi connectivity index (χ3v) is 9.99. The Morgan fingerprint density at radius 2 is 1.94 bits per heavy atom. The number of carbonyl (C=O) groups excluding carboxylic acids is 1. The molecular weight excluding hydrogens is 424 g/mol. The first-order chi connectivity index (χ1) is 16.1. The van der Waals surface area contributed by atoms with E-state index in [1.54, 1.807) is 0 Å². The molecule has 1 aliphatic heterocycles. The molecule has 1 saturated heterocycles. The first-order valence-electron chi connectivity index (χ1n) is 13.4. The number of allylic oxidation sites excluding steroid dienone is 3. The largest absolute Gasteiger partial charge is 0.458 e. The molecule has 188 valence electrons. The molecule has 1 heterocycles. The highest BCUT2D eigenvalue weighted by Gasteiger charge is 2.51. The Bertz CT molecular complexity index is 897. The summed E-state index contributed by atoms with van der Waals surface area (Å²) in [6, 6.07) is 0. The second-order valence-corrected chi connectivity index (χ2v) is 11.8. The van der Waals surface area contributed by atoms with Crippen LogP contribution in [-0.2, 0) is 9.53 Å². The van der Waals surface area contributed by atoms with Crippen molar-refractivity contribution in [3.05, 3.63) is 47.6 Å². The Morgan fingerprint density at radius 1 is 1.21 bits per heavy atom. The molecule has 0 aromatic carbocycles. The zero-order chi connectivity index (χ0) is 24.8. The van der Waals surface area contributed by atoms with E-state index in [0.717, 1.165) is 30.4 Å². The van der Waals surface area contributed by atoms with E-state index in [0.29, 0.717) is 29.7 Å². The van der Waals surface area contributed by atoms with E-state index < -0.39 is 12.2 Å². The molecule has 4 rings (SSSR count). The maximum absolute atomic E-state index is 12.1. The van der Waals surface area contributed by atoms with Crippen molar-refractivity contribution in [3.63, 3.8) is 0 Å². The summed E-state index contributed by atoms with van der Waals surface area (Å²) in [7, 11) is 0. The van der Waals surface area contributed by atoms with Crippen molar-refractivity contribution in [2.24, 2.45) is 35.0 Å². The van der Waals surface area contributed by atoms with Gasteiger partial charge < -0.3 is 14.9 Å². The fraction of sp³-hybridized carbons (Fsp3) is 0.700. The van der Waals surface area contributed by atoms with Gasteiger partial charge in [-0.3, -0.25) is 0 Å². The highest BCUT2D eigenvalue weighted by atomic mass is 16.6. The standard InChI is InChI=1S/C30H44O4/c1-7-23-19(4)29(33)34-27(23)15-17(2)24-12-13-25-21(9-8-14-30(24,25)6)10-11-22-16-26(31)20(5)28(32)18(22)3/h10-11,17,20,23-28,31-32H,3-4,7-9,12-16H2,1-2,5-6H3/b21-10+,22-11-/t17-,20+,23+,24-,25+,26-,27+,28-,30-/m1/s1. The molecule has 0 aromatic heterocycles. The Morgan fingerprint density at radius 3 is 2.65 bits per heavy atom. The van der Waals surface area contributed by atoms with Crippen LogP contribution < -0.4 is 0 Å². The van der Waals surface area contributed by atoms with Crippen LogP contribution in [0.2, 0.25) is 0 Å². The van der Waals surface area contributed by atoms with E-state index in [2.05, 4.69) is 46.1 Å². The fourth-order valence-corrected chi connectivity index (χ4v) is 7.78. The Labute approximate surface area is 205 Å². The SMILES string of the molecule is C=C1/C(=C\C=C2/CCC[C@]3(C)[C@@H]([C@H](C)C[C@@H]4OC(=O)C(=C)[C@@H]4CC)CC[C@@H]23)C[C@@H](O)[C@H](C)[C@@H]1O. The number of aliphatic hydroxyl groups excluding tert-OH is 2. The van der Waals surface area contributed by atoms with Gasteiger partial charge >= 0.3 is 5.97 Å². The Hall–Kier alpha value is -1.65. The van der Waals surface area contributed by atoms with E-state index in [1.807, 2.05) is 6.92 Å². The minimum atomic E-state index is -0.672. The lowest BCUT2D eigenvalue weighted by Gasteiger charge is -2.45. The number of aliphatic hydroxyl groups is 2. The first-order valence-corrected chi connectivity index (χ1v) is 13.4. The van der Waals surface area contributed by atoms with Crippen LogP contribution in [-0.4, -0.2) is 34.5 Å². The molecule has 0 spiro atoms. The molecule has 3 saturated carbocycles. The number of ether oxygens (including phenoxy) is 1. The van der Waals surface area contributed by atoms with Crippen molar-refractivity contribution in [1.82, 2.24) is 0 Å². The van der Waals surface area contributed by atoms with E-state index >= 15 is 0 Å². The molecule has 0 amide bonds. The van der Waals surface area contributed by atoms with Crippen molar-refractivity contribution in [1.29, 1.82) is 0 Å². The van der Waals surface area contributed by atoms with Gasteiger partial charge in [0.15, 0.2) is 0 Å². The molecule has 3 aliphatic carbocycles. The number of rotatable bonds is 5. The average molecular weight is 469 g/mol. The molecule has 0 bridgehead atoms. The van der Waals surface area contributed by atoms with Crippen molar-refractivity contribution in [3.8, 4) is 0 Å². The van der Waals surface area contributed by atoms with Gasteiger partial charge in [0.25, 0.3) is 0 Å². The third kappa shape index (κ3) is 4.37. The summed E-state index contributed by atoms with van der Waals surface area (Å²) in [5.41, 5.74) is 4.16. The van der Waals surface area contributed by atoms with Crippen LogP contribution in [0.1, 0.15) is 79.1 Å². The van der Waals surface area contributed by atoms with Crippen molar-refractivity contribution in [2.45, 2.75) is 97.4 Å². The van der Waals surface area contributed by atoms with Crippen LogP contribution >= 0.6 is 0 Å². The summed E-state index contributed by atoms with van der Waals surface area (Å²) in [6.45, 7) is 16.9. The predicted octanol–water partition coefficient (Wildman–Crippen LogP) is 5.91. The van der Waals surface area contributed by atoms with Gasteiger partial charge in [0.1, 0.15) is 6.10 Å².